The van der Waals surface area contributed by atoms with Crippen LogP contribution in [0.2, 0.25) is 0 Å². The highest BCUT2D eigenvalue weighted by molar-refractivity contribution is 7.95. The van der Waals surface area contributed by atoms with Crippen LogP contribution < -0.4 is 4.72 Å². The molecule has 1 fully saturated rings. The lowest BCUT2D eigenvalue weighted by molar-refractivity contribution is 0.265. The first-order chi connectivity index (χ1) is 6.77. The normalized spacial score (nSPS) is 27.7. The second-order valence-corrected chi connectivity index (χ2v) is 7.99. The van der Waals surface area contributed by atoms with Crippen LogP contribution >= 0.6 is 0 Å². The third-order valence-corrected chi connectivity index (χ3v) is 6.26. The summed E-state index contributed by atoms with van der Waals surface area (Å²) in [4.78, 5) is 0. The number of hydrogen-bond acceptors (Lipinski definition) is 5. The van der Waals surface area contributed by atoms with Gasteiger partial charge in [-0.25, -0.2) is 21.6 Å². The summed E-state index contributed by atoms with van der Waals surface area (Å²) >= 11 is 0. The molecule has 0 aromatic heterocycles. The lowest BCUT2D eigenvalue weighted by Crippen LogP contribution is -2.41. The standard InChI is InChI=1S/C7H15NO5S2/c1-6(4-9)8-15(12,13)7-2-3-14(10,11)5-7/h6-9H,2-5H2,1H3/t6-,7?/m1/s1. The summed E-state index contributed by atoms with van der Waals surface area (Å²) in [6.45, 7) is 1.21. The van der Waals surface area contributed by atoms with Gasteiger partial charge in [0.05, 0.1) is 23.4 Å². The Bertz CT molecular complexity index is 413. The second kappa shape index (κ2) is 4.36. The lowest BCUT2D eigenvalue weighted by atomic mass is 10.4. The summed E-state index contributed by atoms with van der Waals surface area (Å²) in [5.41, 5.74) is 0. The summed E-state index contributed by atoms with van der Waals surface area (Å²) < 4.78 is 47.7. The molecule has 1 saturated heterocycles. The monoisotopic (exact) mass is 257 g/mol. The number of sulfonamides is 1. The van der Waals surface area contributed by atoms with Crippen LogP contribution in [0.15, 0.2) is 0 Å². The maximum Gasteiger partial charge on any atom is 0.215 e. The van der Waals surface area contributed by atoms with E-state index in [1.54, 1.807) is 0 Å². The fraction of sp³-hybridized carbons (Fsp3) is 1.00. The Hall–Kier alpha value is -0.180. The zero-order chi connectivity index (χ0) is 11.7. The van der Waals surface area contributed by atoms with Crippen LogP contribution in [0.5, 0.6) is 0 Å². The third-order valence-electron chi connectivity index (χ3n) is 2.27. The van der Waals surface area contributed by atoms with Crippen LogP contribution in [0.25, 0.3) is 0 Å². The Morgan fingerprint density at radius 1 is 1.53 bits per heavy atom. The average Bonchev–Trinajstić information content (AvgIpc) is 2.45. The van der Waals surface area contributed by atoms with E-state index >= 15 is 0 Å². The Labute approximate surface area is 89.7 Å². The largest absolute Gasteiger partial charge is 0.395 e. The molecular weight excluding hydrogens is 242 g/mol. The number of sulfone groups is 1. The van der Waals surface area contributed by atoms with Crippen molar-refractivity contribution in [2.24, 2.45) is 0 Å². The number of aliphatic hydroxyl groups is 1. The second-order valence-electron chi connectivity index (χ2n) is 3.77. The molecule has 0 amide bonds. The van der Waals surface area contributed by atoms with Gasteiger partial charge in [-0.1, -0.05) is 0 Å². The molecule has 8 heteroatoms. The van der Waals surface area contributed by atoms with Gasteiger partial charge in [-0.15, -0.1) is 0 Å². The minimum atomic E-state index is -3.63. The topological polar surface area (TPSA) is 101 Å². The molecule has 1 aliphatic rings. The van der Waals surface area contributed by atoms with Crippen LogP contribution in [0.1, 0.15) is 13.3 Å². The highest BCUT2D eigenvalue weighted by Crippen LogP contribution is 2.18. The maximum absolute atomic E-state index is 11.6. The molecule has 0 radical (unpaired) electrons. The van der Waals surface area contributed by atoms with Crippen LogP contribution in [0.3, 0.4) is 0 Å². The SMILES string of the molecule is C[C@H](CO)NS(=O)(=O)C1CCS(=O)(=O)C1. The average molecular weight is 257 g/mol. The van der Waals surface area contributed by atoms with Crippen molar-refractivity contribution in [3.05, 3.63) is 0 Å². The van der Waals surface area contributed by atoms with Gasteiger partial charge in [0, 0.05) is 6.04 Å². The molecular formula is C7H15NO5S2. The molecule has 15 heavy (non-hydrogen) atoms. The molecule has 0 aromatic rings. The van der Waals surface area contributed by atoms with Crippen molar-refractivity contribution in [1.82, 2.24) is 4.72 Å². The molecule has 1 unspecified atom stereocenters. The molecule has 90 valence electrons. The maximum atomic E-state index is 11.6. The van der Waals surface area contributed by atoms with Gasteiger partial charge in [-0.3, -0.25) is 0 Å². The number of aliphatic hydroxyl groups excluding tert-OH is 1. The predicted octanol–water partition coefficient (Wildman–Crippen LogP) is -1.53. The zero-order valence-corrected chi connectivity index (χ0v) is 10.0. The molecule has 0 saturated carbocycles. The van der Waals surface area contributed by atoms with Gasteiger partial charge < -0.3 is 5.11 Å². The molecule has 6 nitrogen and oxygen atoms in total. The van der Waals surface area contributed by atoms with Crippen molar-refractivity contribution in [3.8, 4) is 0 Å². The molecule has 0 aromatic carbocycles. The van der Waals surface area contributed by atoms with Crippen molar-refractivity contribution in [1.29, 1.82) is 0 Å². The molecule has 1 heterocycles. The van der Waals surface area contributed by atoms with Crippen molar-refractivity contribution in [3.63, 3.8) is 0 Å². The molecule has 1 rings (SSSR count). The molecule has 0 aliphatic carbocycles. The molecule has 1 aliphatic heterocycles. The number of rotatable bonds is 4. The van der Waals surface area contributed by atoms with E-state index in [4.69, 9.17) is 5.11 Å². The third kappa shape index (κ3) is 3.40. The van der Waals surface area contributed by atoms with Crippen molar-refractivity contribution in [2.75, 3.05) is 18.1 Å². The highest BCUT2D eigenvalue weighted by Gasteiger charge is 2.37. The van der Waals surface area contributed by atoms with E-state index in [2.05, 4.69) is 4.72 Å². The van der Waals surface area contributed by atoms with E-state index in [0.29, 0.717) is 0 Å². The van der Waals surface area contributed by atoms with Gasteiger partial charge in [-0.2, -0.15) is 0 Å². The quantitative estimate of drug-likeness (QED) is 0.636. The molecule has 2 N–H and O–H groups in total. The van der Waals surface area contributed by atoms with E-state index in [0.717, 1.165) is 0 Å². The summed E-state index contributed by atoms with van der Waals surface area (Å²) in [5.74, 6) is -0.396. The highest BCUT2D eigenvalue weighted by atomic mass is 32.2. The Balaban J connectivity index is 2.72. The molecule has 2 atom stereocenters. The van der Waals surface area contributed by atoms with Crippen LogP contribution in [0.4, 0.5) is 0 Å². The first-order valence-electron chi connectivity index (χ1n) is 4.59. The van der Waals surface area contributed by atoms with Gasteiger partial charge >= 0.3 is 0 Å². The number of nitrogens with one attached hydrogen (secondary N) is 1. The Morgan fingerprint density at radius 3 is 2.53 bits per heavy atom. The molecule has 0 bridgehead atoms. The van der Waals surface area contributed by atoms with Gasteiger partial charge in [0.15, 0.2) is 9.84 Å². The van der Waals surface area contributed by atoms with Crippen LogP contribution in [-0.2, 0) is 19.9 Å². The summed E-state index contributed by atoms with van der Waals surface area (Å²) in [6, 6.07) is -0.585. The minimum Gasteiger partial charge on any atom is -0.395 e. The van der Waals surface area contributed by atoms with Crippen LogP contribution in [-0.4, -0.2) is 51.3 Å². The van der Waals surface area contributed by atoms with Gasteiger partial charge in [-0.05, 0) is 13.3 Å². The van der Waals surface area contributed by atoms with Crippen LogP contribution in [0, 0.1) is 0 Å². The summed E-state index contributed by atoms with van der Waals surface area (Å²) in [7, 11) is -6.83. The van der Waals surface area contributed by atoms with E-state index in [1.165, 1.54) is 6.92 Å². The van der Waals surface area contributed by atoms with Crippen molar-refractivity contribution >= 4 is 19.9 Å². The van der Waals surface area contributed by atoms with Gasteiger partial charge in [0.25, 0.3) is 0 Å². The van der Waals surface area contributed by atoms with Gasteiger partial charge in [0.2, 0.25) is 10.0 Å². The van der Waals surface area contributed by atoms with Crippen molar-refractivity contribution in [2.45, 2.75) is 24.6 Å². The van der Waals surface area contributed by atoms with E-state index in [9.17, 15) is 16.8 Å². The number of hydrogen-bond donors (Lipinski definition) is 2. The zero-order valence-electron chi connectivity index (χ0n) is 8.38. The first-order valence-corrected chi connectivity index (χ1v) is 7.96. The van der Waals surface area contributed by atoms with Crippen molar-refractivity contribution < 1.29 is 21.9 Å². The fourth-order valence-corrected chi connectivity index (χ4v) is 5.71. The smallest absolute Gasteiger partial charge is 0.215 e. The Kier molecular flexibility index (Phi) is 3.75. The minimum absolute atomic E-state index is 0.0773. The predicted molar refractivity (Wildman–Crippen MR) is 55.7 cm³/mol. The lowest BCUT2D eigenvalue weighted by Gasteiger charge is -2.15. The van der Waals surface area contributed by atoms with E-state index in [1.807, 2.05) is 0 Å². The van der Waals surface area contributed by atoms with Gasteiger partial charge in [0.1, 0.15) is 0 Å². The fourth-order valence-electron chi connectivity index (χ4n) is 1.42. The molecule has 0 spiro atoms. The summed E-state index contributed by atoms with van der Waals surface area (Å²) in [6.07, 6.45) is 0.135. The summed E-state index contributed by atoms with van der Waals surface area (Å²) in [5, 5.41) is 7.82. The first kappa shape index (κ1) is 12.9. The van der Waals surface area contributed by atoms with E-state index < -0.39 is 31.2 Å². The Morgan fingerprint density at radius 2 is 2.13 bits per heavy atom. The van der Waals surface area contributed by atoms with E-state index in [-0.39, 0.29) is 24.5 Å².